The molecule has 2 rings (SSSR count). The van der Waals surface area contributed by atoms with E-state index < -0.39 is 0 Å². The minimum absolute atomic E-state index is 0. The number of piperazine rings is 1. The number of rotatable bonds is 1. The first-order chi connectivity index (χ1) is 6.38. The molecule has 1 saturated heterocycles. The van der Waals surface area contributed by atoms with Crippen LogP contribution in [0.3, 0.4) is 0 Å². The highest BCUT2D eigenvalue weighted by molar-refractivity contribution is 5.85. The summed E-state index contributed by atoms with van der Waals surface area (Å²) in [6.45, 7) is 3.77. The van der Waals surface area contributed by atoms with E-state index >= 15 is 0 Å². The van der Waals surface area contributed by atoms with E-state index in [1.165, 1.54) is 12.8 Å². The molecule has 1 amide bonds. The predicted molar refractivity (Wildman–Crippen MR) is 58.7 cm³/mol. The molecule has 0 atom stereocenters. The second-order valence-corrected chi connectivity index (χ2v) is 4.06. The second-order valence-electron chi connectivity index (χ2n) is 4.06. The quantitative estimate of drug-likeness (QED) is 0.713. The number of amides is 1. The van der Waals surface area contributed by atoms with Crippen molar-refractivity contribution in [2.75, 3.05) is 26.2 Å². The van der Waals surface area contributed by atoms with Crippen molar-refractivity contribution in [2.45, 2.75) is 25.7 Å². The van der Waals surface area contributed by atoms with Gasteiger partial charge >= 0.3 is 0 Å². The van der Waals surface area contributed by atoms with Gasteiger partial charge in [0.1, 0.15) is 0 Å². The molecule has 0 spiro atoms. The smallest absolute Gasteiger partial charge is 0.225 e. The minimum atomic E-state index is 0. The Morgan fingerprint density at radius 2 is 1.71 bits per heavy atom. The van der Waals surface area contributed by atoms with Crippen LogP contribution < -0.4 is 5.32 Å². The summed E-state index contributed by atoms with van der Waals surface area (Å²) in [4.78, 5) is 13.9. The number of hydrogen-bond acceptors (Lipinski definition) is 2. The van der Waals surface area contributed by atoms with Crippen molar-refractivity contribution in [3.8, 4) is 0 Å². The number of carbonyl (C=O) groups excluding carboxylic acids is 1. The van der Waals surface area contributed by atoms with Crippen LogP contribution in [0.25, 0.3) is 0 Å². The summed E-state index contributed by atoms with van der Waals surface area (Å²) in [7, 11) is 0. The van der Waals surface area contributed by atoms with Crippen LogP contribution in [0.2, 0.25) is 0 Å². The average molecular weight is 219 g/mol. The van der Waals surface area contributed by atoms with Crippen LogP contribution in [0.4, 0.5) is 0 Å². The Balaban J connectivity index is 0.000000980. The van der Waals surface area contributed by atoms with Gasteiger partial charge in [-0.15, -0.1) is 12.4 Å². The summed E-state index contributed by atoms with van der Waals surface area (Å²) in [5.74, 6) is 0.775. The lowest BCUT2D eigenvalue weighted by Crippen LogP contribution is -2.48. The molecule has 82 valence electrons. The van der Waals surface area contributed by atoms with Crippen molar-refractivity contribution >= 4 is 18.3 Å². The third-order valence-corrected chi connectivity index (χ3v) is 3.13. The molecular weight excluding hydrogens is 200 g/mol. The molecule has 1 aliphatic heterocycles. The molecule has 1 N–H and O–H groups in total. The summed E-state index contributed by atoms with van der Waals surface area (Å²) in [5, 5.41) is 3.27. The Morgan fingerprint density at radius 3 is 2.29 bits per heavy atom. The van der Waals surface area contributed by atoms with Gasteiger partial charge < -0.3 is 10.2 Å². The van der Waals surface area contributed by atoms with Gasteiger partial charge in [0.05, 0.1) is 0 Å². The van der Waals surface area contributed by atoms with Gasteiger partial charge in [0.15, 0.2) is 0 Å². The van der Waals surface area contributed by atoms with Gasteiger partial charge in [-0.25, -0.2) is 0 Å². The number of carbonyl (C=O) groups is 1. The molecule has 3 nitrogen and oxygen atoms in total. The Labute approximate surface area is 91.6 Å². The largest absolute Gasteiger partial charge is 0.340 e. The molecule has 1 aliphatic carbocycles. The van der Waals surface area contributed by atoms with Gasteiger partial charge in [-0.2, -0.15) is 0 Å². The third-order valence-electron chi connectivity index (χ3n) is 3.13. The van der Waals surface area contributed by atoms with E-state index in [0.717, 1.165) is 39.0 Å². The summed E-state index contributed by atoms with van der Waals surface area (Å²) >= 11 is 0. The Hall–Kier alpha value is -0.280. The Morgan fingerprint density at radius 1 is 1.14 bits per heavy atom. The van der Waals surface area contributed by atoms with Crippen LogP contribution in [0.15, 0.2) is 0 Å². The maximum absolute atomic E-state index is 11.9. The lowest BCUT2D eigenvalue weighted by atomic mass is 10.1. The van der Waals surface area contributed by atoms with Crippen LogP contribution >= 0.6 is 12.4 Å². The zero-order chi connectivity index (χ0) is 9.10. The SMILES string of the molecule is Cl.O=C(C1CCCC1)N1CCNCC1. The van der Waals surface area contributed by atoms with Crippen LogP contribution in [0.1, 0.15) is 25.7 Å². The standard InChI is InChI=1S/C10H18N2O.ClH/c13-10(9-3-1-2-4-9)12-7-5-11-6-8-12;/h9,11H,1-8H2;1H. The highest BCUT2D eigenvalue weighted by atomic mass is 35.5. The third kappa shape index (κ3) is 2.61. The zero-order valence-corrected chi connectivity index (χ0v) is 9.31. The molecule has 14 heavy (non-hydrogen) atoms. The summed E-state index contributed by atoms with van der Waals surface area (Å²) in [6.07, 6.45) is 4.76. The number of halogens is 1. The average Bonchev–Trinajstić information content (AvgIpc) is 2.71. The van der Waals surface area contributed by atoms with E-state index in [0.29, 0.717) is 11.8 Å². The summed E-state index contributed by atoms with van der Waals surface area (Å²) in [6, 6.07) is 0. The van der Waals surface area contributed by atoms with Crippen LogP contribution in [0.5, 0.6) is 0 Å². The van der Waals surface area contributed by atoms with Gasteiger partial charge in [-0.3, -0.25) is 4.79 Å². The molecule has 0 aromatic carbocycles. The lowest BCUT2D eigenvalue weighted by molar-refractivity contribution is -0.135. The van der Waals surface area contributed by atoms with Crippen molar-refractivity contribution in [2.24, 2.45) is 5.92 Å². The molecule has 4 heteroatoms. The first kappa shape index (κ1) is 11.8. The summed E-state index contributed by atoms with van der Waals surface area (Å²) < 4.78 is 0. The molecule has 1 heterocycles. The van der Waals surface area contributed by atoms with E-state index in [1.807, 2.05) is 4.90 Å². The van der Waals surface area contributed by atoms with E-state index in [2.05, 4.69) is 5.32 Å². The van der Waals surface area contributed by atoms with Crippen molar-refractivity contribution < 1.29 is 4.79 Å². The highest BCUT2D eigenvalue weighted by Crippen LogP contribution is 2.26. The predicted octanol–water partition coefficient (Wildman–Crippen LogP) is 1.03. The van der Waals surface area contributed by atoms with Gasteiger partial charge in [0.25, 0.3) is 0 Å². The number of hydrogen-bond donors (Lipinski definition) is 1. The molecule has 0 aromatic heterocycles. The van der Waals surface area contributed by atoms with Crippen molar-refractivity contribution in [3.05, 3.63) is 0 Å². The fourth-order valence-corrected chi connectivity index (χ4v) is 2.32. The lowest BCUT2D eigenvalue weighted by Gasteiger charge is -2.29. The maximum Gasteiger partial charge on any atom is 0.225 e. The van der Waals surface area contributed by atoms with Crippen LogP contribution in [-0.2, 0) is 4.79 Å². The first-order valence-corrected chi connectivity index (χ1v) is 5.37. The Bertz CT molecular complexity index is 187. The fourth-order valence-electron chi connectivity index (χ4n) is 2.32. The zero-order valence-electron chi connectivity index (χ0n) is 8.50. The maximum atomic E-state index is 11.9. The van der Waals surface area contributed by atoms with Crippen molar-refractivity contribution in [1.29, 1.82) is 0 Å². The number of nitrogens with one attached hydrogen (secondary N) is 1. The fraction of sp³-hybridized carbons (Fsp3) is 0.900. The van der Waals surface area contributed by atoms with Gasteiger partial charge in [-0.1, -0.05) is 12.8 Å². The van der Waals surface area contributed by atoms with Crippen molar-refractivity contribution in [1.82, 2.24) is 10.2 Å². The minimum Gasteiger partial charge on any atom is -0.340 e. The topological polar surface area (TPSA) is 32.3 Å². The molecule has 1 saturated carbocycles. The summed E-state index contributed by atoms with van der Waals surface area (Å²) in [5.41, 5.74) is 0. The van der Waals surface area contributed by atoms with Gasteiger partial charge in [0.2, 0.25) is 5.91 Å². The molecule has 0 bridgehead atoms. The highest BCUT2D eigenvalue weighted by Gasteiger charge is 2.27. The normalized spacial score (nSPS) is 23.3. The number of nitrogens with zero attached hydrogens (tertiary/aromatic N) is 1. The van der Waals surface area contributed by atoms with E-state index in [-0.39, 0.29) is 12.4 Å². The van der Waals surface area contributed by atoms with E-state index in [1.54, 1.807) is 0 Å². The molecule has 0 aromatic rings. The molecule has 0 unspecified atom stereocenters. The van der Waals surface area contributed by atoms with Crippen LogP contribution in [0, 0.1) is 5.92 Å². The first-order valence-electron chi connectivity index (χ1n) is 5.37. The van der Waals surface area contributed by atoms with Crippen molar-refractivity contribution in [3.63, 3.8) is 0 Å². The van der Waals surface area contributed by atoms with E-state index in [4.69, 9.17) is 0 Å². The van der Waals surface area contributed by atoms with Crippen LogP contribution in [-0.4, -0.2) is 37.0 Å². The molecule has 0 radical (unpaired) electrons. The molecule has 2 aliphatic rings. The monoisotopic (exact) mass is 218 g/mol. The van der Waals surface area contributed by atoms with E-state index in [9.17, 15) is 4.79 Å². The van der Waals surface area contributed by atoms with Gasteiger partial charge in [-0.05, 0) is 12.8 Å². The Kier molecular flexibility index (Phi) is 4.69. The molecule has 2 fully saturated rings. The molecular formula is C10H19ClN2O. The van der Waals surface area contributed by atoms with Gasteiger partial charge in [0, 0.05) is 32.1 Å². The second kappa shape index (κ2) is 5.56.